The average molecular weight is 676 g/mol. The minimum Gasteiger partial charge on any atom is -0.309 e. The molecule has 0 radical (unpaired) electrons. The highest BCUT2D eigenvalue weighted by molar-refractivity contribution is 5.84. The molecule has 0 saturated carbocycles. The molecule has 282 valence electrons. The summed E-state index contributed by atoms with van der Waals surface area (Å²) < 4.78 is -0.721. The van der Waals surface area contributed by atoms with E-state index >= 15 is 0 Å². The molecule has 0 spiro atoms. The van der Waals surface area contributed by atoms with Gasteiger partial charge in [-0.05, 0) is 85.2 Å². The summed E-state index contributed by atoms with van der Waals surface area (Å²) in [5.41, 5.74) is 0. The predicted molar refractivity (Wildman–Crippen MR) is 208 cm³/mol. The number of hydrogen-bond donors (Lipinski definition) is 1. The van der Waals surface area contributed by atoms with Crippen molar-refractivity contribution in [1.29, 1.82) is 0 Å². The second kappa shape index (κ2) is 34.2. The number of nitrogens with zero attached hydrogens (tertiary/aromatic N) is 2. The third kappa shape index (κ3) is 27.5. The first-order valence-corrected chi connectivity index (χ1v) is 20.9. The fourth-order valence-electron chi connectivity index (χ4n) is 6.52. The Bertz CT molecular complexity index is 793. The summed E-state index contributed by atoms with van der Waals surface area (Å²) in [4.78, 5) is 28.6. The smallest absolute Gasteiger partial charge is 0.309 e. The van der Waals surface area contributed by atoms with Crippen molar-refractivity contribution in [2.24, 2.45) is 0 Å². The van der Waals surface area contributed by atoms with Gasteiger partial charge in [0.25, 0.3) is 0 Å². The number of rotatable bonds is 36. The quantitative estimate of drug-likeness (QED) is 0.0236. The van der Waals surface area contributed by atoms with E-state index in [1.165, 1.54) is 116 Å². The molecule has 0 aromatic heterocycles. The standard InChI is InChI=1S/C43H83N2O3/c1-6-8-10-12-14-16-18-20-22-24-26-28-30-32-34-37-42(46)41(3)45(48,40-36-39-44(4)5)43(47)38-35-33-31-29-27-25-23-21-19-17-15-13-11-9-7-2/h20-23,41,48H,6-19,24-40H2,1-5H3/q+1. The molecule has 0 rings (SSSR count). The fourth-order valence-corrected chi connectivity index (χ4v) is 6.52. The lowest BCUT2D eigenvalue weighted by atomic mass is 10.0. The van der Waals surface area contributed by atoms with Crippen molar-refractivity contribution < 1.29 is 19.4 Å². The van der Waals surface area contributed by atoms with Crippen molar-refractivity contribution in [1.82, 2.24) is 4.90 Å². The van der Waals surface area contributed by atoms with E-state index < -0.39 is 10.7 Å². The SMILES string of the molecule is CCCCCCCCC=CCCCCCCCC(=O)C(C)[N+](O)(CCCN(C)C)C(=O)CCCCCCCC=CCCCCCCCC. The summed E-state index contributed by atoms with van der Waals surface area (Å²) in [6, 6.07) is -0.695. The molecule has 0 bridgehead atoms. The molecule has 5 nitrogen and oxygen atoms in total. The van der Waals surface area contributed by atoms with Crippen molar-refractivity contribution in [3.05, 3.63) is 24.3 Å². The molecular weight excluding hydrogens is 592 g/mol. The third-order valence-electron chi connectivity index (χ3n) is 9.98. The Hall–Kier alpha value is -1.30. The fraction of sp³-hybridized carbons (Fsp3) is 0.860. The molecule has 0 aliphatic carbocycles. The molecule has 1 amide bonds. The number of carbonyl (C=O) groups is 2. The van der Waals surface area contributed by atoms with Crippen LogP contribution >= 0.6 is 0 Å². The summed E-state index contributed by atoms with van der Waals surface area (Å²) in [7, 11) is 4.00. The first-order chi connectivity index (χ1) is 23.3. The Kier molecular flexibility index (Phi) is 33.2. The van der Waals surface area contributed by atoms with Gasteiger partial charge in [0.15, 0.2) is 11.8 Å². The lowest BCUT2D eigenvalue weighted by Gasteiger charge is -2.33. The molecule has 0 aliphatic heterocycles. The van der Waals surface area contributed by atoms with Gasteiger partial charge in [-0.15, -0.1) is 4.65 Å². The number of unbranched alkanes of at least 4 members (excludes halogenated alkanes) is 22. The van der Waals surface area contributed by atoms with E-state index in [-0.39, 0.29) is 11.7 Å². The maximum atomic E-state index is 13.4. The van der Waals surface area contributed by atoms with Gasteiger partial charge in [-0.3, -0.25) is 4.79 Å². The molecular formula is C43H83N2O3+. The van der Waals surface area contributed by atoms with Crippen LogP contribution < -0.4 is 0 Å². The summed E-state index contributed by atoms with van der Waals surface area (Å²) >= 11 is 0. The maximum Gasteiger partial charge on any atom is 0.346 e. The van der Waals surface area contributed by atoms with Gasteiger partial charge < -0.3 is 4.90 Å². The number of hydroxylamine groups is 3. The lowest BCUT2D eigenvalue weighted by Crippen LogP contribution is -2.59. The number of quaternary nitrogens is 1. The number of amides is 1. The van der Waals surface area contributed by atoms with Crippen LogP contribution in [0, 0.1) is 0 Å². The summed E-state index contributed by atoms with van der Waals surface area (Å²) in [5, 5.41) is 11.6. The molecule has 2 unspecified atom stereocenters. The van der Waals surface area contributed by atoms with Crippen molar-refractivity contribution in [2.75, 3.05) is 27.2 Å². The van der Waals surface area contributed by atoms with Crippen LogP contribution in [0.4, 0.5) is 0 Å². The van der Waals surface area contributed by atoms with Crippen LogP contribution in [0.3, 0.4) is 0 Å². The van der Waals surface area contributed by atoms with Gasteiger partial charge in [0.05, 0.1) is 6.42 Å². The molecule has 5 heteroatoms. The van der Waals surface area contributed by atoms with Crippen LogP contribution in [0.15, 0.2) is 24.3 Å². The van der Waals surface area contributed by atoms with Crippen molar-refractivity contribution >= 4 is 11.7 Å². The Balaban J connectivity index is 4.28. The van der Waals surface area contributed by atoms with E-state index in [9.17, 15) is 14.8 Å². The highest BCUT2D eigenvalue weighted by atomic mass is 16.6. The molecule has 0 heterocycles. The van der Waals surface area contributed by atoms with Gasteiger partial charge in [-0.2, -0.15) is 0 Å². The topological polar surface area (TPSA) is 57.6 Å². The summed E-state index contributed by atoms with van der Waals surface area (Å²) in [5.74, 6) is -0.158. The molecule has 0 aromatic carbocycles. The highest BCUT2D eigenvalue weighted by Gasteiger charge is 2.43. The van der Waals surface area contributed by atoms with Gasteiger partial charge >= 0.3 is 5.91 Å². The first kappa shape index (κ1) is 46.7. The van der Waals surface area contributed by atoms with E-state index in [0.29, 0.717) is 25.8 Å². The van der Waals surface area contributed by atoms with Gasteiger partial charge in [0.1, 0.15) is 6.54 Å². The van der Waals surface area contributed by atoms with E-state index in [0.717, 1.165) is 57.9 Å². The molecule has 2 atom stereocenters. The second-order valence-electron chi connectivity index (χ2n) is 14.9. The zero-order valence-corrected chi connectivity index (χ0v) is 33.0. The molecule has 0 aliphatic rings. The van der Waals surface area contributed by atoms with Crippen LogP contribution in [0.25, 0.3) is 0 Å². The average Bonchev–Trinajstić information content (AvgIpc) is 3.07. The number of allylic oxidation sites excluding steroid dienone is 4. The zero-order chi connectivity index (χ0) is 35.6. The highest BCUT2D eigenvalue weighted by Crippen LogP contribution is 2.20. The normalized spacial score (nSPS) is 14.0. The van der Waals surface area contributed by atoms with Crippen LogP contribution in [0.2, 0.25) is 0 Å². The van der Waals surface area contributed by atoms with E-state index in [2.05, 4.69) is 43.1 Å². The minimum atomic E-state index is -0.721. The Labute approximate surface area is 299 Å². The number of carbonyl (C=O) groups excluding carboxylic acids is 2. The first-order valence-electron chi connectivity index (χ1n) is 20.9. The Morgan fingerprint density at radius 1 is 0.542 bits per heavy atom. The van der Waals surface area contributed by atoms with Crippen molar-refractivity contribution in [3.63, 3.8) is 0 Å². The van der Waals surface area contributed by atoms with Crippen LogP contribution in [-0.4, -0.2) is 59.7 Å². The van der Waals surface area contributed by atoms with Gasteiger partial charge in [-0.1, -0.05) is 141 Å². The molecule has 0 saturated heterocycles. The van der Waals surface area contributed by atoms with E-state index in [1.54, 1.807) is 6.92 Å². The van der Waals surface area contributed by atoms with E-state index in [4.69, 9.17) is 0 Å². The van der Waals surface area contributed by atoms with E-state index in [1.807, 2.05) is 14.1 Å². The Morgan fingerprint density at radius 3 is 1.29 bits per heavy atom. The lowest BCUT2D eigenvalue weighted by molar-refractivity contribution is -1.05. The maximum absolute atomic E-state index is 13.4. The van der Waals surface area contributed by atoms with Crippen LogP contribution in [0.5, 0.6) is 0 Å². The van der Waals surface area contributed by atoms with Gasteiger partial charge in [-0.25, -0.2) is 10.0 Å². The second-order valence-corrected chi connectivity index (χ2v) is 14.9. The number of Topliss-reactive ketones (excluding diaryl/α,β-unsaturated/α-hetero) is 1. The number of ketones is 1. The third-order valence-corrected chi connectivity index (χ3v) is 9.98. The zero-order valence-electron chi connectivity index (χ0n) is 33.0. The van der Waals surface area contributed by atoms with Gasteiger partial charge in [0, 0.05) is 19.4 Å². The summed E-state index contributed by atoms with van der Waals surface area (Å²) in [6.07, 6.45) is 42.6. The van der Waals surface area contributed by atoms with Crippen molar-refractivity contribution in [2.45, 2.75) is 213 Å². The molecule has 0 aromatic rings. The predicted octanol–water partition coefficient (Wildman–Crippen LogP) is 12.7. The van der Waals surface area contributed by atoms with Crippen LogP contribution in [-0.2, 0) is 9.59 Å². The molecule has 48 heavy (non-hydrogen) atoms. The van der Waals surface area contributed by atoms with Crippen LogP contribution in [0.1, 0.15) is 207 Å². The van der Waals surface area contributed by atoms with Crippen molar-refractivity contribution in [3.8, 4) is 0 Å². The number of hydrogen-bond acceptors (Lipinski definition) is 4. The van der Waals surface area contributed by atoms with Gasteiger partial charge in [0.2, 0.25) is 0 Å². The summed E-state index contributed by atoms with van der Waals surface area (Å²) in [6.45, 7) is 7.40. The molecule has 0 fully saturated rings. The Morgan fingerprint density at radius 2 is 0.896 bits per heavy atom. The largest absolute Gasteiger partial charge is 0.346 e. The minimum absolute atomic E-state index is 0.0258. The molecule has 1 N–H and O–H groups in total. The monoisotopic (exact) mass is 676 g/mol.